The van der Waals surface area contributed by atoms with E-state index < -0.39 is 0 Å². The molecule has 0 fully saturated rings. The van der Waals surface area contributed by atoms with E-state index in [1.165, 1.54) is 0 Å². The van der Waals surface area contributed by atoms with Gasteiger partial charge >= 0.3 is 0 Å². The van der Waals surface area contributed by atoms with Crippen LogP contribution in [0.4, 0.5) is 5.69 Å². The van der Waals surface area contributed by atoms with E-state index in [4.69, 9.17) is 34.7 Å². The smallest absolute Gasteiger partial charge is 0.210 e. The summed E-state index contributed by atoms with van der Waals surface area (Å²) in [6, 6.07) is 3.47. The maximum absolute atomic E-state index is 12.0. The van der Waals surface area contributed by atoms with Crippen molar-refractivity contribution in [3.8, 4) is 0 Å². The van der Waals surface area contributed by atoms with Crippen LogP contribution in [0.15, 0.2) is 34.5 Å². The van der Waals surface area contributed by atoms with Crippen LogP contribution in [0.5, 0.6) is 0 Å². The lowest BCUT2D eigenvalue weighted by Crippen LogP contribution is -2.17. The molecule has 1 aromatic rings. The van der Waals surface area contributed by atoms with Gasteiger partial charge in [-0.25, -0.2) is 0 Å². The zero-order valence-electron chi connectivity index (χ0n) is 9.13. The number of benzene rings is 1. The summed E-state index contributed by atoms with van der Waals surface area (Å²) >= 11 is 11.9. The Kier molecular flexibility index (Phi) is 2.30. The Labute approximate surface area is 113 Å². The molecular weight excluding hydrogens is 271 g/mol. The first-order valence-electron chi connectivity index (χ1n) is 5.22. The molecule has 4 N–H and O–H groups in total. The molecule has 0 aromatic heterocycles. The first kappa shape index (κ1) is 11.4. The van der Waals surface area contributed by atoms with Crippen molar-refractivity contribution < 1.29 is 4.79 Å². The Balaban J connectivity index is 2.27. The second-order valence-corrected chi connectivity index (χ2v) is 4.98. The molecule has 0 radical (unpaired) electrons. The van der Waals surface area contributed by atoms with Gasteiger partial charge in [0.15, 0.2) is 0 Å². The van der Waals surface area contributed by atoms with Crippen LogP contribution in [0.25, 0.3) is 11.6 Å². The Morgan fingerprint density at radius 1 is 1.00 bits per heavy atom. The number of hydrogen-bond donors (Lipinski definition) is 2. The highest BCUT2D eigenvalue weighted by Crippen LogP contribution is 2.43. The third-order valence-electron chi connectivity index (χ3n) is 3.07. The van der Waals surface area contributed by atoms with Crippen LogP contribution >= 0.6 is 23.2 Å². The highest BCUT2D eigenvalue weighted by atomic mass is 35.5. The first-order chi connectivity index (χ1) is 8.49. The lowest BCUT2D eigenvalue weighted by Gasteiger charge is -2.13. The number of allylic oxidation sites excluding steroid dienone is 4. The van der Waals surface area contributed by atoms with Gasteiger partial charge in [0.05, 0.1) is 21.4 Å². The number of hydrogen-bond acceptors (Lipinski definition) is 3. The average Bonchev–Trinajstić information content (AvgIpc) is 2.66. The Bertz CT molecular complexity index is 699. The molecule has 0 saturated carbocycles. The van der Waals surface area contributed by atoms with Gasteiger partial charge in [-0.3, -0.25) is 4.79 Å². The zero-order chi connectivity index (χ0) is 13.0. The zero-order valence-corrected chi connectivity index (χ0v) is 10.6. The molecule has 0 spiro atoms. The summed E-state index contributed by atoms with van der Waals surface area (Å²) in [4.78, 5) is 12.0. The van der Waals surface area contributed by atoms with Crippen molar-refractivity contribution >= 4 is 46.3 Å². The van der Waals surface area contributed by atoms with Crippen LogP contribution in [0.2, 0.25) is 5.02 Å². The van der Waals surface area contributed by atoms with Crippen molar-refractivity contribution in [3.63, 3.8) is 0 Å². The van der Waals surface area contributed by atoms with Crippen molar-refractivity contribution in [2.24, 2.45) is 5.73 Å². The summed E-state index contributed by atoms with van der Waals surface area (Å²) in [6.07, 6.45) is 3.44. The van der Waals surface area contributed by atoms with Gasteiger partial charge in [-0.2, -0.15) is 0 Å². The molecule has 18 heavy (non-hydrogen) atoms. The van der Waals surface area contributed by atoms with Crippen LogP contribution in [0.3, 0.4) is 0 Å². The molecule has 2 aliphatic carbocycles. The molecule has 0 saturated heterocycles. The maximum Gasteiger partial charge on any atom is 0.210 e. The largest absolute Gasteiger partial charge is 0.398 e. The highest BCUT2D eigenvalue weighted by Gasteiger charge is 2.30. The molecule has 0 bridgehead atoms. The fourth-order valence-electron chi connectivity index (χ4n) is 2.14. The summed E-state index contributed by atoms with van der Waals surface area (Å²) < 4.78 is 0. The number of nitrogens with two attached hydrogens (primary N) is 2. The fourth-order valence-corrected chi connectivity index (χ4v) is 2.50. The van der Waals surface area contributed by atoms with Gasteiger partial charge in [-0.15, -0.1) is 0 Å². The minimum Gasteiger partial charge on any atom is -0.398 e. The monoisotopic (exact) mass is 278 g/mol. The molecule has 3 rings (SSSR count). The van der Waals surface area contributed by atoms with Crippen molar-refractivity contribution in [3.05, 3.63) is 50.7 Å². The van der Waals surface area contributed by atoms with Gasteiger partial charge in [0.1, 0.15) is 0 Å². The van der Waals surface area contributed by atoms with Crippen LogP contribution in [0, 0.1) is 0 Å². The first-order valence-corrected chi connectivity index (χ1v) is 5.97. The minimum absolute atomic E-state index is 0.0681. The summed E-state index contributed by atoms with van der Waals surface area (Å²) in [5, 5.41) is 0.711. The molecule has 0 atom stereocenters. The third-order valence-corrected chi connectivity index (χ3v) is 3.71. The standard InChI is InChI=1S/C13H8Cl2N2O/c14-9-3-6-5(2-11(9)16)1-8-7(6)4-10(15)12(17)13(8)18/h1-4H,16-17H2. The maximum atomic E-state index is 12.0. The molecule has 0 amide bonds. The second kappa shape index (κ2) is 3.64. The molecule has 1 aromatic carbocycles. The van der Waals surface area contributed by atoms with E-state index in [-0.39, 0.29) is 16.5 Å². The molecule has 3 nitrogen and oxygen atoms in total. The summed E-state index contributed by atoms with van der Waals surface area (Å²) in [6.45, 7) is 0. The number of rotatable bonds is 0. The number of anilines is 1. The second-order valence-electron chi connectivity index (χ2n) is 4.17. The number of ketones is 1. The lowest BCUT2D eigenvalue weighted by atomic mass is 9.94. The Hall–Kier alpha value is -1.71. The average molecular weight is 279 g/mol. The van der Waals surface area contributed by atoms with Crippen molar-refractivity contribution in [2.75, 3.05) is 5.73 Å². The van der Waals surface area contributed by atoms with Gasteiger partial charge in [0.25, 0.3) is 0 Å². The number of carbonyl (C=O) groups is 1. The fraction of sp³-hybridized carbons (Fsp3) is 0. The van der Waals surface area contributed by atoms with E-state index in [0.717, 1.165) is 16.7 Å². The number of halogens is 2. The molecule has 0 heterocycles. The number of nitrogen functional groups attached to an aromatic ring is 1. The van der Waals surface area contributed by atoms with Crippen molar-refractivity contribution in [1.29, 1.82) is 0 Å². The molecule has 5 heteroatoms. The topological polar surface area (TPSA) is 69.1 Å². The van der Waals surface area contributed by atoms with E-state index in [1.807, 2.05) is 0 Å². The van der Waals surface area contributed by atoms with Crippen molar-refractivity contribution in [1.82, 2.24) is 0 Å². The van der Waals surface area contributed by atoms with Crippen molar-refractivity contribution in [2.45, 2.75) is 0 Å². The van der Waals surface area contributed by atoms with Crippen LogP contribution < -0.4 is 11.5 Å². The van der Waals surface area contributed by atoms with Gasteiger partial charge in [-0.1, -0.05) is 23.2 Å². The van der Waals surface area contributed by atoms with Gasteiger partial charge < -0.3 is 11.5 Å². The van der Waals surface area contributed by atoms with E-state index in [1.54, 1.807) is 24.3 Å². The summed E-state index contributed by atoms with van der Waals surface area (Å²) in [7, 11) is 0. The molecule has 0 aliphatic heterocycles. The lowest BCUT2D eigenvalue weighted by molar-refractivity contribution is -0.111. The van der Waals surface area contributed by atoms with E-state index in [9.17, 15) is 4.79 Å². The number of carbonyl (C=O) groups excluding carboxylic acids is 1. The Morgan fingerprint density at radius 3 is 2.44 bits per heavy atom. The molecular formula is C13H8Cl2N2O. The Morgan fingerprint density at radius 2 is 1.72 bits per heavy atom. The van der Waals surface area contributed by atoms with Crippen LogP contribution in [-0.4, -0.2) is 5.78 Å². The highest BCUT2D eigenvalue weighted by molar-refractivity contribution is 6.39. The predicted octanol–water partition coefficient (Wildman–Crippen LogP) is 2.69. The van der Waals surface area contributed by atoms with Crippen LogP contribution in [0.1, 0.15) is 11.1 Å². The SMILES string of the molecule is NC1=C(Cl)C=C2C(=Cc3cc(N)c(Cl)cc32)C1=O. The van der Waals surface area contributed by atoms with E-state index in [2.05, 4.69) is 0 Å². The van der Waals surface area contributed by atoms with E-state index in [0.29, 0.717) is 16.3 Å². The summed E-state index contributed by atoms with van der Waals surface area (Å²) in [5.41, 5.74) is 14.9. The predicted molar refractivity (Wildman–Crippen MR) is 73.9 cm³/mol. The summed E-state index contributed by atoms with van der Waals surface area (Å²) in [5.74, 6) is -0.261. The normalized spacial score (nSPS) is 17.3. The van der Waals surface area contributed by atoms with Gasteiger partial charge in [-0.05, 0) is 41.0 Å². The minimum atomic E-state index is -0.261. The number of fused-ring (bicyclic) bond motifs is 3. The third kappa shape index (κ3) is 1.41. The number of Topliss-reactive ketones (excluding diaryl/α,β-unsaturated/α-hetero) is 1. The van der Waals surface area contributed by atoms with Crippen LogP contribution in [-0.2, 0) is 4.79 Å². The quantitative estimate of drug-likeness (QED) is 0.717. The molecule has 90 valence electrons. The van der Waals surface area contributed by atoms with Gasteiger partial charge in [0, 0.05) is 5.57 Å². The van der Waals surface area contributed by atoms with Gasteiger partial charge in [0.2, 0.25) is 5.78 Å². The molecule has 0 unspecified atom stereocenters. The molecule has 2 aliphatic rings. The van der Waals surface area contributed by atoms with E-state index >= 15 is 0 Å².